The van der Waals surface area contributed by atoms with Crippen LogP contribution < -0.4 is 5.73 Å². The summed E-state index contributed by atoms with van der Waals surface area (Å²) in [6.45, 7) is 0.183. The van der Waals surface area contributed by atoms with Crippen LogP contribution in [0.5, 0.6) is 0 Å². The average molecular weight is 353 g/mol. The van der Waals surface area contributed by atoms with Gasteiger partial charge in [-0.25, -0.2) is 8.42 Å². The minimum atomic E-state index is -3.81. The van der Waals surface area contributed by atoms with E-state index in [-0.39, 0.29) is 34.1 Å². The third-order valence-corrected chi connectivity index (χ3v) is 6.48. The highest BCUT2D eigenvalue weighted by atomic mass is 35.5. The second-order valence-electron chi connectivity index (χ2n) is 5.09. The number of benzene rings is 1. The van der Waals surface area contributed by atoms with Crippen LogP contribution in [0.1, 0.15) is 25.7 Å². The van der Waals surface area contributed by atoms with Gasteiger partial charge in [0.1, 0.15) is 4.90 Å². The molecular formula is C13H18Cl2N2O3S. The Morgan fingerprint density at radius 1 is 1.29 bits per heavy atom. The molecule has 0 radical (unpaired) electrons. The van der Waals surface area contributed by atoms with Crippen molar-refractivity contribution in [2.75, 3.05) is 18.9 Å². The van der Waals surface area contributed by atoms with Crippen molar-refractivity contribution in [3.8, 4) is 0 Å². The zero-order chi connectivity index (χ0) is 15.6. The zero-order valence-corrected chi connectivity index (χ0v) is 13.8. The van der Waals surface area contributed by atoms with Crippen molar-refractivity contribution in [1.82, 2.24) is 4.31 Å². The van der Waals surface area contributed by atoms with E-state index in [1.54, 1.807) is 0 Å². The number of nitrogens with two attached hydrogens (primary N) is 1. The normalized spacial score (nSPS) is 16.2. The summed E-state index contributed by atoms with van der Waals surface area (Å²) in [4.78, 5) is -0.107. The van der Waals surface area contributed by atoms with Crippen LogP contribution in [0.2, 0.25) is 10.0 Å². The molecule has 1 aliphatic rings. The van der Waals surface area contributed by atoms with E-state index in [1.165, 1.54) is 16.4 Å². The summed E-state index contributed by atoms with van der Waals surface area (Å²) in [5, 5.41) is 9.02. The van der Waals surface area contributed by atoms with Crippen LogP contribution in [-0.4, -0.2) is 37.0 Å². The zero-order valence-electron chi connectivity index (χ0n) is 11.4. The molecule has 1 fully saturated rings. The van der Waals surface area contributed by atoms with E-state index in [2.05, 4.69) is 0 Å². The first kappa shape index (κ1) is 16.8. The number of aliphatic hydroxyl groups is 1. The molecule has 3 N–H and O–H groups in total. The first-order valence-electron chi connectivity index (χ1n) is 6.75. The number of anilines is 1. The van der Waals surface area contributed by atoms with Gasteiger partial charge in [0.15, 0.2) is 0 Å². The first-order chi connectivity index (χ1) is 9.87. The fourth-order valence-electron chi connectivity index (χ4n) is 2.34. The van der Waals surface area contributed by atoms with Crippen LogP contribution in [0.3, 0.4) is 0 Å². The molecule has 118 valence electrons. The van der Waals surface area contributed by atoms with E-state index < -0.39 is 10.0 Å². The molecule has 0 aliphatic heterocycles. The molecule has 0 aromatic heterocycles. The quantitative estimate of drug-likeness (QED) is 0.770. The van der Waals surface area contributed by atoms with E-state index in [0.717, 1.165) is 19.3 Å². The maximum atomic E-state index is 12.9. The molecule has 21 heavy (non-hydrogen) atoms. The monoisotopic (exact) mass is 352 g/mol. The Morgan fingerprint density at radius 2 is 1.86 bits per heavy atom. The van der Waals surface area contributed by atoms with Gasteiger partial charge in [0.05, 0.1) is 10.0 Å². The highest BCUT2D eigenvalue weighted by Crippen LogP contribution is 2.37. The Kier molecular flexibility index (Phi) is 5.38. The molecular weight excluding hydrogens is 335 g/mol. The first-order valence-corrected chi connectivity index (χ1v) is 8.94. The summed E-state index contributed by atoms with van der Waals surface area (Å²) in [6, 6.07) is 2.71. The molecule has 8 heteroatoms. The van der Waals surface area contributed by atoms with Gasteiger partial charge in [0.2, 0.25) is 10.0 Å². The van der Waals surface area contributed by atoms with Crippen LogP contribution >= 0.6 is 23.2 Å². The maximum Gasteiger partial charge on any atom is 0.246 e. The number of hydrogen-bond acceptors (Lipinski definition) is 4. The lowest BCUT2D eigenvalue weighted by atomic mass is 9.93. The van der Waals surface area contributed by atoms with E-state index in [1.807, 2.05) is 0 Å². The molecule has 0 unspecified atom stereocenters. The number of nitrogen functional groups attached to an aromatic ring is 1. The fourth-order valence-corrected chi connectivity index (χ4v) is 5.25. The molecule has 1 aromatic rings. The van der Waals surface area contributed by atoms with Gasteiger partial charge in [0, 0.05) is 24.9 Å². The number of hydrogen-bond donors (Lipinski definition) is 2. The summed E-state index contributed by atoms with van der Waals surface area (Å²) in [5.41, 5.74) is 5.93. The van der Waals surface area contributed by atoms with Gasteiger partial charge in [-0.05, 0) is 31.4 Å². The van der Waals surface area contributed by atoms with Crippen molar-refractivity contribution in [2.24, 2.45) is 0 Å². The van der Waals surface area contributed by atoms with Crippen molar-refractivity contribution in [3.63, 3.8) is 0 Å². The van der Waals surface area contributed by atoms with E-state index >= 15 is 0 Å². The predicted molar refractivity (Wildman–Crippen MR) is 84.1 cm³/mol. The molecule has 1 saturated carbocycles. The number of sulfonamides is 1. The molecule has 0 atom stereocenters. The second-order valence-corrected chi connectivity index (χ2v) is 7.73. The topological polar surface area (TPSA) is 83.6 Å². The van der Waals surface area contributed by atoms with Gasteiger partial charge in [-0.2, -0.15) is 4.31 Å². The van der Waals surface area contributed by atoms with E-state index in [9.17, 15) is 8.42 Å². The Labute approximate surface area is 134 Å². The Hall–Kier alpha value is -0.530. The Bertz CT molecular complexity index is 595. The highest BCUT2D eigenvalue weighted by Gasteiger charge is 2.36. The summed E-state index contributed by atoms with van der Waals surface area (Å²) in [5.74, 6) is 0. The fraction of sp³-hybridized carbons (Fsp3) is 0.538. The van der Waals surface area contributed by atoms with Gasteiger partial charge in [-0.15, -0.1) is 0 Å². The van der Waals surface area contributed by atoms with Crippen LogP contribution in [-0.2, 0) is 10.0 Å². The SMILES string of the molecule is Nc1cc(Cl)c(S(=O)(=O)N(CCCO)C2CCC2)c(Cl)c1. The largest absolute Gasteiger partial charge is 0.399 e. The molecule has 2 rings (SSSR count). The molecule has 1 aromatic carbocycles. The third kappa shape index (κ3) is 3.46. The van der Waals surface area contributed by atoms with Gasteiger partial charge >= 0.3 is 0 Å². The van der Waals surface area contributed by atoms with Crippen LogP contribution in [0, 0.1) is 0 Å². The molecule has 0 heterocycles. The molecule has 0 bridgehead atoms. The van der Waals surface area contributed by atoms with Gasteiger partial charge in [-0.3, -0.25) is 0 Å². The van der Waals surface area contributed by atoms with Crippen LogP contribution in [0.25, 0.3) is 0 Å². The molecule has 0 spiro atoms. The average Bonchev–Trinajstić information content (AvgIpc) is 2.29. The van der Waals surface area contributed by atoms with Gasteiger partial charge in [0.25, 0.3) is 0 Å². The number of halogens is 2. The van der Waals surface area contributed by atoms with Crippen molar-refractivity contribution in [1.29, 1.82) is 0 Å². The van der Waals surface area contributed by atoms with Crippen molar-refractivity contribution >= 4 is 38.9 Å². The second kappa shape index (κ2) is 6.71. The number of nitrogens with zero attached hydrogens (tertiary/aromatic N) is 1. The van der Waals surface area contributed by atoms with Gasteiger partial charge in [-0.1, -0.05) is 29.6 Å². The summed E-state index contributed by atoms with van der Waals surface area (Å²) in [6.07, 6.45) is 3.00. The van der Waals surface area contributed by atoms with E-state index in [0.29, 0.717) is 12.1 Å². The Morgan fingerprint density at radius 3 is 2.29 bits per heavy atom. The van der Waals surface area contributed by atoms with Crippen LogP contribution in [0.4, 0.5) is 5.69 Å². The lowest BCUT2D eigenvalue weighted by Gasteiger charge is -2.36. The standard InChI is InChI=1S/C13H18Cl2N2O3S/c14-11-7-9(16)8-12(15)13(11)21(19,20)17(5-2-6-18)10-3-1-4-10/h7-8,10,18H,1-6,16H2. The van der Waals surface area contributed by atoms with Gasteiger partial charge < -0.3 is 10.8 Å². The summed E-state index contributed by atoms with van der Waals surface area (Å²) >= 11 is 12.1. The highest BCUT2D eigenvalue weighted by molar-refractivity contribution is 7.89. The van der Waals surface area contributed by atoms with Crippen molar-refractivity contribution in [3.05, 3.63) is 22.2 Å². The smallest absolute Gasteiger partial charge is 0.246 e. The summed E-state index contributed by atoms with van der Waals surface area (Å²) in [7, 11) is -3.81. The maximum absolute atomic E-state index is 12.9. The van der Waals surface area contributed by atoms with Crippen molar-refractivity contribution in [2.45, 2.75) is 36.6 Å². The minimum Gasteiger partial charge on any atom is -0.399 e. The Balaban J connectivity index is 2.42. The lowest BCUT2D eigenvalue weighted by Crippen LogP contribution is -2.45. The molecule has 5 nitrogen and oxygen atoms in total. The lowest BCUT2D eigenvalue weighted by molar-refractivity contribution is 0.198. The number of rotatable bonds is 6. The summed E-state index contributed by atoms with van der Waals surface area (Å²) < 4.78 is 27.1. The molecule has 1 aliphatic carbocycles. The van der Waals surface area contributed by atoms with Crippen molar-refractivity contribution < 1.29 is 13.5 Å². The molecule has 0 amide bonds. The molecule has 0 saturated heterocycles. The number of aliphatic hydroxyl groups excluding tert-OH is 1. The minimum absolute atomic E-state index is 0.0216. The van der Waals surface area contributed by atoms with E-state index in [4.69, 9.17) is 34.0 Å². The predicted octanol–water partition coefficient (Wildman–Crippen LogP) is 2.50. The third-order valence-electron chi connectivity index (χ3n) is 3.61. The van der Waals surface area contributed by atoms with Crippen LogP contribution in [0.15, 0.2) is 17.0 Å².